The first-order valence-corrected chi connectivity index (χ1v) is 6.37. The van der Waals surface area contributed by atoms with Gasteiger partial charge in [-0.25, -0.2) is 0 Å². The SMILES string of the molecule is Cc1ccc(-c2nc(-c3cccnc3)no2)cc1C(F)(F)F. The predicted molar refractivity (Wildman–Crippen MR) is 72.7 cm³/mol. The summed E-state index contributed by atoms with van der Waals surface area (Å²) >= 11 is 0. The van der Waals surface area contributed by atoms with Gasteiger partial charge in [-0.15, -0.1) is 0 Å². The van der Waals surface area contributed by atoms with Gasteiger partial charge < -0.3 is 4.52 Å². The van der Waals surface area contributed by atoms with Crippen LogP contribution in [0, 0.1) is 6.92 Å². The number of pyridine rings is 1. The molecule has 3 aromatic rings. The van der Waals surface area contributed by atoms with Crippen LogP contribution in [-0.2, 0) is 6.18 Å². The van der Waals surface area contributed by atoms with E-state index in [2.05, 4.69) is 15.1 Å². The number of aromatic nitrogens is 3. The quantitative estimate of drug-likeness (QED) is 0.714. The Bertz CT molecular complexity index is 797. The first-order valence-electron chi connectivity index (χ1n) is 6.37. The Kier molecular flexibility index (Phi) is 3.40. The smallest absolute Gasteiger partial charge is 0.334 e. The molecule has 0 spiro atoms. The monoisotopic (exact) mass is 305 g/mol. The number of nitrogens with zero attached hydrogens (tertiary/aromatic N) is 3. The molecule has 0 bridgehead atoms. The molecule has 0 fully saturated rings. The van der Waals surface area contributed by atoms with Gasteiger partial charge >= 0.3 is 6.18 Å². The molecule has 2 aromatic heterocycles. The molecule has 0 unspecified atom stereocenters. The number of benzene rings is 1. The number of halogens is 3. The van der Waals surface area contributed by atoms with Crippen molar-refractivity contribution in [2.45, 2.75) is 13.1 Å². The molecule has 0 saturated heterocycles. The lowest BCUT2D eigenvalue weighted by Crippen LogP contribution is -2.07. The van der Waals surface area contributed by atoms with Crippen molar-refractivity contribution in [3.05, 3.63) is 53.9 Å². The maximum atomic E-state index is 12.9. The van der Waals surface area contributed by atoms with Crippen LogP contribution in [-0.4, -0.2) is 15.1 Å². The van der Waals surface area contributed by atoms with E-state index in [4.69, 9.17) is 4.52 Å². The lowest BCUT2D eigenvalue weighted by molar-refractivity contribution is -0.138. The Morgan fingerprint density at radius 2 is 1.91 bits per heavy atom. The van der Waals surface area contributed by atoms with Crippen molar-refractivity contribution < 1.29 is 17.7 Å². The molecule has 4 nitrogen and oxygen atoms in total. The summed E-state index contributed by atoms with van der Waals surface area (Å²) < 4.78 is 43.9. The minimum atomic E-state index is -4.42. The fourth-order valence-corrected chi connectivity index (χ4v) is 2.01. The molecule has 0 saturated carbocycles. The van der Waals surface area contributed by atoms with Crippen molar-refractivity contribution in [3.63, 3.8) is 0 Å². The molecular formula is C15H10F3N3O. The van der Waals surface area contributed by atoms with Crippen LogP contribution in [0.1, 0.15) is 11.1 Å². The summed E-state index contributed by atoms with van der Waals surface area (Å²) in [5.74, 6) is 0.307. The molecule has 0 aliphatic rings. The second-order valence-corrected chi connectivity index (χ2v) is 4.69. The summed E-state index contributed by atoms with van der Waals surface area (Å²) in [4.78, 5) is 8.05. The van der Waals surface area contributed by atoms with E-state index in [0.29, 0.717) is 5.56 Å². The summed E-state index contributed by atoms with van der Waals surface area (Å²) in [5.41, 5.74) is 0.274. The van der Waals surface area contributed by atoms with Crippen LogP contribution in [0.4, 0.5) is 13.2 Å². The van der Waals surface area contributed by atoms with Crippen LogP contribution in [0.15, 0.2) is 47.2 Å². The molecule has 0 aliphatic carbocycles. The molecule has 0 radical (unpaired) electrons. The minimum Gasteiger partial charge on any atom is -0.334 e. The summed E-state index contributed by atoms with van der Waals surface area (Å²) in [6, 6.07) is 7.35. The zero-order valence-corrected chi connectivity index (χ0v) is 11.4. The molecule has 0 atom stereocenters. The highest BCUT2D eigenvalue weighted by molar-refractivity contribution is 5.60. The van der Waals surface area contributed by atoms with Crippen molar-refractivity contribution >= 4 is 0 Å². The first-order chi connectivity index (χ1) is 10.4. The topological polar surface area (TPSA) is 51.8 Å². The lowest BCUT2D eigenvalue weighted by atomic mass is 10.0. The summed E-state index contributed by atoms with van der Waals surface area (Å²) in [6.45, 7) is 1.40. The van der Waals surface area contributed by atoms with Crippen LogP contribution in [0.2, 0.25) is 0 Å². The molecule has 112 valence electrons. The molecule has 22 heavy (non-hydrogen) atoms. The van der Waals surface area contributed by atoms with Gasteiger partial charge in [0.2, 0.25) is 5.82 Å². The average Bonchev–Trinajstić information content (AvgIpc) is 2.97. The highest BCUT2D eigenvalue weighted by atomic mass is 19.4. The van der Waals surface area contributed by atoms with Gasteiger partial charge in [-0.1, -0.05) is 11.2 Å². The van der Waals surface area contributed by atoms with Gasteiger partial charge in [0.15, 0.2) is 0 Å². The zero-order valence-electron chi connectivity index (χ0n) is 11.4. The van der Waals surface area contributed by atoms with Gasteiger partial charge in [-0.3, -0.25) is 4.98 Å². The number of rotatable bonds is 2. The van der Waals surface area contributed by atoms with E-state index in [1.165, 1.54) is 19.1 Å². The Morgan fingerprint density at radius 3 is 2.59 bits per heavy atom. The Morgan fingerprint density at radius 1 is 1.09 bits per heavy atom. The van der Waals surface area contributed by atoms with Gasteiger partial charge in [0, 0.05) is 23.5 Å². The van der Waals surface area contributed by atoms with E-state index in [9.17, 15) is 13.2 Å². The Balaban J connectivity index is 2.01. The van der Waals surface area contributed by atoms with Crippen LogP contribution in [0.25, 0.3) is 22.8 Å². The second-order valence-electron chi connectivity index (χ2n) is 4.69. The van der Waals surface area contributed by atoms with Gasteiger partial charge in [0.05, 0.1) is 5.56 Å². The van der Waals surface area contributed by atoms with E-state index in [1.807, 2.05) is 0 Å². The summed E-state index contributed by atoms with van der Waals surface area (Å²) in [5, 5.41) is 3.77. The van der Waals surface area contributed by atoms with Crippen LogP contribution in [0.3, 0.4) is 0 Å². The maximum absolute atomic E-state index is 12.9. The van der Waals surface area contributed by atoms with E-state index in [1.54, 1.807) is 24.5 Å². The lowest BCUT2D eigenvalue weighted by Gasteiger charge is -2.10. The van der Waals surface area contributed by atoms with Gasteiger partial charge in [-0.2, -0.15) is 18.2 Å². The van der Waals surface area contributed by atoms with Gasteiger partial charge in [0.1, 0.15) is 0 Å². The number of hydrogen-bond acceptors (Lipinski definition) is 4. The normalized spacial score (nSPS) is 11.6. The third kappa shape index (κ3) is 2.69. The van der Waals surface area contributed by atoms with Crippen molar-refractivity contribution in [2.75, 3.05) is 0 Å². The largest absolute Gasteiger partial charge is 0.416 e. The van der Waals surface area contributed by atoms with Crippen molar-refractivity contribution in [1.29, 1.82) is 0 Å². The van der Waals surface area contributed by atoms with E-state index >= 15 is 0 Å². The van der Waals surface area contributed by atoms with E-state index in [-0.39, 0.29) is 22.8 Å². The number of alkyl halides is 3. The fourth-order valence-electron chi connectivity index (χ4n) is 2.01. The molecule has 1 aromatic carbocycles. The molecule has 0 N–H and O–H groups in total. The molecule has 7 heteroatoms. The average molecular weight is 305 g/mol. The Labute approximate surface area is 123 Å². The second kappa shape index (κ2) is 5.25. The van der Waals surface area contributed by atoms with Crippen molar-refractivity contribution in [2.24, 2.45) is 0 Å². The summed E-state index contributed by atoms with van der Waals surface area (Å²) in [7, 11) is 0. The van der Waals surface area contributed by atoms with E-state index < -0.39 is 11.7 Å². The van der Waals surface area contributed by atoms with Crippen LogP contribution < -0.4 is 0 Å². The van der Waals surface area contributed by atoms with Crippen molar-refractivity contribution in [3.8, 4) is 22.8 Å². The van der Waals surface area contributed by atoms with Crippen LogP contribution in [0.5, 0.6) is 0 Å². The zero-order chi connectivity index (χ0) is 15.7. The summed E-state index contributed by atoms with van der Waals surface area (Å²) in [6.07, 6.45) is -1.28. The van der Waals surface area contributed by atoms with Crippen LogP contribution >= 0.6 is 0 Å². The highest BCUT2D eigenvalue weighted by Gasteiger charge is 2.33. The Hall–Kier alpha value is -2.70. The molecular weight excluding hydrogens is 295 g/mol. The minimum absolute atomic E-state index is 0.0318. The molecule has 3 rings (SSSR count). The number of hydrogen-bond donors (Lipinski definition) is 0. The number of aryl methyl sites for hydroxylation is 1. The predicted octanol–water partition coefficient (Wildman–Crippen LogP) is 4.13. The standard InChI is InChI=1S/C15H10F3N3O/c1-9-4-5-10(7-12(9)15(16,17)18)14-20-13(21-22-14)11-3-2-6-19-8-11/h2-8H,1H3. The highest BCUT2D eigenvalue weighted by Crippen LogP contribution is 2.34. The third-order valence-corrected chi connectivity index (χ3v) is 3.14. The van der Waals surface area contributed by atoms with E-state index in [0.717, 1.165) is 6.07 Å². The maximum Gasteiger partial charge on any atom is 0.416 e. The first kappa shape index (κ1) is 14.2. The van der Waals surface area contributed by atoms with Crippen molar-refractivity contribution in [1.82, 2.24) is 15.1 Å². The third-order valence-electron chi connectivity index (χ3n) is 3.14. The molecule has 2 heterocycles. The fraction of sp³-hybridized carbons (Fsp3) is 0.133. The van der Waals surface area contributed by atoms with Gasteiger partial charge in [0.25, 0.3) is 5.89 Å². The molecule has 0 amide bonds. The molecule has 0 aliphatic heterocycles. The van der Waals surface area contributed by atoms with Gasteiger partial charge in [-0.05, 0) is 36.8 Å².